The quantitative estimate of drug-likeness (QED) is 0.833. The van der Waals surface area contributed by atoms with Crippen molar-refractivity contribution in [1.82, 2.24) is 4.90 Å². The van der Waals surface area contributed by atoms with Crippen molar-refractivity contribution < 1.29 is 9.21 Å². The molecular formula is C17H19NO2. The average molecular weight is 269 g/mol. The number of carbonyl (C=O) groups excluding carboxylic acids is 1. The maximum atomic E-state index is 12.5. The molecule has 1 aliphatic rings. The van der Waals surface area contributed by atoms with Crippen LogP contribution in [0.3, 0.4) is 0 Å². The highest BCUT2D eigenvalue weighted by atomic mass is 16.3. The number of amides is 1. The van der Waals surface area contributed by atoms with Crippen LogP contribution in [0.2, 0.25) is 0 Å². The van der Waals surface area contributed by atoms with Gasteiger partial charge in [0.05, 0.1) is 11.8 Å². The monoisotopic (exact) mass is 269 g/mol. The highest BCUT2D eigenvalue weighted by molar-refractivity contribution is 5.93. The largest absolute Gasteiger partial charge is 0.472 e. The van der Waals surface area contributed by atoms with E-state index in [1.165, 1.54) is 18.2 Å². The van der Waals surface area contributed by atoms with Crippen LogP contribution in [0.15, 0.2) is 53.3 Å². The van der Waals surface area contributed by atoms with Gasteiger partial charge in [0.15, 0.2) is 0 Å². The molecule has 1 atom stereocenters. The van der Waals surface area contributed by atoms with Crippen LogP contribution in [0.4, 0.5) is 0 Å². The van der Waals surface area contributed by atoms with Crippen LogP contribution in [0, 0.1) is 0 Å². The molecule has 1 unspecified atom stereocenters. The Morgan fingerprint density at radius 3 is 2.75 bits per heavy atom. The van der Waals surface area contributed by atoms with Gasteiger partial charge < -0.3 is 9.32 Å². The Labute approximate surface area is 119 Å². The smallest absolute Gasteiger partial charge is 0.257 e. The molecular weight excluding hydrogens is 250 g/mol. The lowest BCUT2D eigenvalue weighted by molar-refractivity contribution is 0.0754. The van der Waals surface area contributed by atoms with Crippen LogP contribution in [0.25, 0.3) is 0 Å². The predicted molar refractivity (Wildman–Crippen MR) is 77.6 cm³/mol. The Bertz CT molecular complexity index is 548. The zero-order valence-corrected chi connectivity index (χ0v) is 11.5. The molecule has 1 saturated heterocycles. The molecule has 104 valence electrons. The van der Waals surface area contributed by atoms with Crippen molar-refractivity contribution in [1.29, 1.82) is 0 Å². The van der Waals surface area contributed by atoms with Gasteiger partial charge in [0, 0.05) is 19.0 Å². The Morgan fingerprint density at radius 1 is 1.15 bits per heavy atom. The van der Waals surface area contributed by atoms with Crippen molar-refractivity contribution in [3.63, 3.8) is 0 Å². The van der Waals surface area contributed by atoms with Crippen molar-refractivity contribution in [2.24, 2.45) is 0 Å². The van der Waals surface area contributed by atoms with E-state index in [2.05, 4.69) is 24.3 Å². The van der Waals surface area contributed by atoms with Gasteiger partial charge in [0.2, 0.25) is 0 Å². The summed E-state index contributed by atoms with van der Waals surface area (Å²) in [5, 5.41) is 0. The summed E-state index contributed by atoms with van der Waals surface area (Å²) in [5.41, 5.74) is 1.98. The van der Waals surface area contributed by atoms with E-state index in [0.717, 1.165) is 25.9 Å². The van der Waals surface area contributed by atoms with E-state index in [0.29, 0.717) is 11.5 Å². The van der Waals surface area contributed by atoms with E-state index in [1.54, 1.807) is 12.3 Å². The minimum absolute atomic E-state index is 0.0848. The van der Waals surface area contributed by atoms with Crippen molar-refractivity contribution in [3.8, 4) is 0 Å². The van der Waals surface area contributed by atoms with Crippen LogP contribution in [-0.2, 0) is 0 Å². The number of carbonyl (C=O) groups is 1. The van der Waals surface area contributed by atoms with Gasteiger partial charge in [-0.15, -0.1) is 0 Å². The van der Waals surface area contributed by atoms with Gasteiger partial charge >= 0.3 is 0 Å². The molecule has 1 aromatic carbocycles. The zero-order chi connectivity index (χ0) is 13.8. The molecule has 0 bridgehead atoms. The summed E-state index contributed by atoms with van der Waals surface area (Å²) in [5.74, 6) is 0.524. The second-order valence-corrected chi connectivity index (χ2v) is 5.37. The summed E-state index contributed by atoms with van der Waals surface area (Å²) in [7, 11) is 0. The standard InChI is InChI=1S/C17H19NO2/c19-17(16-9-11-20-13-16)18-10-5-4-8-15(12-18)14-6-2-1-3-7-14/h1-3,6-7,9,11,13,15H,4-5,8,10,12H2. The van der Waals surface area contributed by atoms with Gasteiger partial charge in [-0.05, 0) is 24.5 Å². The van der Waals surface area contributed by atoms with Gasteiger partial charge in [-0.1, -0.05) is 36.8 Å². The van der Waals surface area contributed by atoms with Crippen molar-refractivity contribution in [3.05, 3.63) is 60.1 Å². The van der Waals surface area contributed by atoms with Crippen LogP contribution in [0.5, 0.6) is 0 Å². The highest BCUT2D eigenvalue weighted by Crippen LogP contribution is 2.27. The minimum atomic E-state index is 0.0848. The SMILES string of the molecule is O=C(c1ccoc1)N1CCCCC(c2ccccc2)C1. The van der Waals surface area contributed by atoms with Gasteiger partial charge in [-0.2, -0.15) is 0 Å². The third kappa shape index (κ3) is 2.77. The zero-order valence-electron chi connectivity index (χ0n) is 11.5. The molecule has 1 fully saturated rings. The summed E-state index contributed by atoms with van der Waals surface area (Å²) in [6.07, 6.45) is 6.49. The lowest BCUT2D eigenvalue weighted by Gasteiger charge is -2.24. The van der Waals surface area contributed by atoms with E-state index in [-0.39, 0.29) is 5.91 Å². The van der Waals surface area contributed by atoms with E-state index in [4.69, 9.17) is 4.42 Å². The van der Waals surface area contributed by atoms with E-state index in [1.807, 2.05) is 11.0 Å². The highest BCUT2D eigenvalue weighted by Gasteiger charge is 2.24. The molecule has 2 aromatic rings. The first-order chi connectivity index (χ1) is 9.84. The van der Waals surface area contributed by atoms with Gasteiger partial charge in [-0.25, -0.2) is 0 Å². The second-order valence-electron chi connectivity index (χ2n) is 5.37. The van der Waals surface area contributed by atoms with Gasteiger partial charge in [0.1, 0.15) is 6.26 Å². The molecule has 1 amide bonds. The van der Waals surface area contributed by atoms with Crippen LogP contribution >= 0.6 is 0 Å². The predicted octanol–water partition coefficient (Wildman–Crippen LogP) is 3.69. The third-order valence-corrected chi connectivity index (χ3v) is 4.00. The lowest BCUT2D eigenvalue weighted by atomic mass is 9.94. The van der Waals surface area contributed by atoms with E-state index >= 15 is 0 Å². The number of nitrogens with zero attached hydrogens (tertiary/aromatic N) is 1. The molecule has 3 rings (SSSR count). The maximum absolute atomic E-state index is 12.5. The number of likely N-dealkylation sites (tertiary alicyclic amines) is 1. The molecule has 20 heavy (non-hydrogen) atoms. The van der Waals surface area contributed by atoms with Gasteiger partial charge in [-0.3, -0.25) is 4.79 Å². The number of furan rings is 1. The number of hydrogen-bond donors (Lipinski definition) is 0. The van der Waals surface area contributed by atoms with Crippen molar-refractivity contribution in [2.45, 2.75) is 25.2 Å². The first-order valence-electron chi connectivity index (χ1n) is 7.21. The fraction of sp³-hybridized carbons (Fsp3) is 0.353. The molecule has 3 nitrogen and oxygen atoms in total. The number of hydrogen-bond acceptors (Lipinski definition) is 2. The van der Waals surface area contributed by atoms with Crippen molar-refractivity contribution in [2.75, 3.05) is 13.1 Å². The number of rotatable bonds is 2. The first-order valence-corrected chi connectivity index (χ1v) is 7.21. The minimum Gasteiger partial charge on any atom is -0.472 e. The Balaban J connectivity index is 1.77. The summed E-state index contributed by atoms with van der Waals surface area (Å²) >= 11 is 0. The van der Waals surface area contributed by atoms with Crippen LogP contribution < -0.4 is 0 Å². The molecule has 0 spiro atoms. The van der Waals surface area contributed by atoms with Crippen molar-refractivity contribution >= 4 is 5.91 Å². The summed E-state index contributed by atoms with van der Waals surface area (Å²) in [4.78, 5) is 14.4. The van der Waals surface area contributed by atoms with Crippen LogP contribution in [-0.4, -0.2) is 23.9 Å². The molecule has 3 heteroatoms. The maximum Gasteiger partial charge on any atom is 0.257 e. The molecule has 1 aliphatic heterocycles. The third-order valence-electron chi connectivity index (χ3n) is 4.00. The normalized spacial score (nSPS) is 19.6. The van der Waals surface area contributed by atoms with E-state index < -0.39 is 0 Å². The molecule has 0 N–H and O–H groups in total. The fourth-order valence-corrected chi connectivity index (χ4v) is 2.89. The average Bonchev–Trinajstić information content (AvgIpc) is 2.92. The number of benzene rings is 1. The molecule has 2 heterocycles. The molecule has 0 radical (unpaired) electrons. The fourth-order valence-electron chi connectivity index (χ4n) is 2.89. The molecule has 0 saturated carbocycles. The second kappa shape index (κ2) is 5.95. The Hall–Kier alpha value is -2.03. The summed E-state index contributed by atoms with van der Waals surface area (Å²) in [6.45, 7) is 1.64. The lowest BCUT2D eigenvalue weighted by Crippen LogP contribution is -2.33. The van der Waals surface area contributed by atoms with E-state index in [9.17, 15) is 4.79 Å². The molecule has 1 aromatic heterocycles. The Kier molecular flexibility index (Phi) is 3.86. The molecule has 0 aliphatic carbocycles. The van der Waals surface area contributed by atoms with Crippen LogP contribution in [0.1, 0.15) is 41.1 Å². The van der Waals surface area contributed by atoms with Gasteiger partial charge in [0.25, 0.3) is 5.91 Å². The first kappa shape index (κ1) is 13.0. The topological polar surface area (TPSA) is 33.5 Å². The Morgan fingerprint density at radius 2 is 2.00 bits per heavy atom. The summed E-state index contributed by atoms with van der Waals surface area (Å²) in [6, 6.07) is 12.2. The summed E-state index contributed by atoms with van der Waals surface area (Å²) < 4.78 is 5.02.